The molecule has 0 bridgehead atoms. The van der Waals surface area contributed by atoms with Crippen molar-refractivity contribution in [3.8, 4) is 5.75 Å². The zero-order valence-corrected chi connectivity index (χ0v) is 6.76. The standard InChI is InChI=1S/C9H9NO2/c1-6-2-3-7-5-9(11)10-12-8(7)4-6/h2-4H,5H2,1H3,(H,10,11). The van der Waals surface area contributed by atoms with Crippen LogP contribution < -0.4 is 10.3 Å². The summed E-state index contributed by atoms with van der Waals surface area (Å²) in [4.78, 5) is 15.9. The Morgan fingerprint density at radius 2 is 2.33 bits per heavy atom. The Bertz CT molecular complexity index is 333. The summed E-state index contributed by atoms with van der Waals surface area (Å²) in [6.07, 6.45) is 0.412. The van der Waals surface area contributed by atoms with Gasteiger partial charge in [-0.3, -0.25) is 4.79 Å². The van der Waals surface area contributed by atoms with E-state index in [1.54, 1.807) is 0 Å². The van der Waals surface area contributed by atoms with Crippen LogP contribution in [0.25, 0.3) is 0 Å². The lowest BCUT2D eigenvalue weighted by atomic mass is 10.1. The summed E-state index contributed by atoms with van der Waals surface area (Å²) >= 11 is 0. The molecule has 1 aromatic rings. The summed E-state index contributed by atoms with van der Waals surface area (Å²) in [6, 6.07) is 5.80. The van der Waals surface area contributed by atoms with Crippen molar-refractivity contribution in [1.82, 2.24) is 5.48 Å². The van der Waals surface area contributed by atoms with Gasteiger partial charge in [-0.25, -0.2) is 0 Å². The molecule has 0 saturated heterocycles. The maximum Gasteiger partial charge on any atom is 0.257 e. The zero-order valence-electron chi connectivity index (χ0n) is 6.76. The van der Waals surface area contributed by atoms with Gasteiger partial charge in [-0.05, 0) is 18.6 Å². The number of benzene rings is 1. The number of hydroxylamine groups is 1. The summed E-state index contributed by atoms with van der Waals surface area (Å²) in [5, 5.41) is 0. The topological polar surface area (TPSA) is 38.3 Å². The third-order valence-electron chi connectivity index (χ3n) is 1.85. The first-order chi connectivity index (χ1) is 5.75. The van der Waals surface area contributed by atoms with E-state index in [-0.39, 0.29) is 5.91 Å². The van der Waals surface area contributed by atoms with Crippen LogP contribution in [0.2, 0.25) is 0 Å². The number of rotatable bonds is 0. The third kappa shape index (κ3) is 1.13. The Morgan fingerprint density at radius 1 is 1.50 bits per heavy atom. The van der Waals surface area contributed by atoms with Gasteiger partial charge >= 0.3 is 0 Å². The first-order valence-electron chi connectivity index (χ1n) is 3.81. The minimum atomic E-state index is -0.0913. The van der Waals surface area contributed by atoms with E-state index in [9.17, 15) is 4.79 Å². The Kier molecular flexibility index (Phi) is 1.50. The summed E-state index contributed by atoms with van der Waals surface area (Å²) < 4.78 is 0. The fourth-order valence-electron chi connectivity index (χ4n) is 1.22. The van der Waals surface area contributed by atoms with E-state index in [1.807, 2.05) is 25.1 Å². The molecule has 2 rings (SSSR count). The van der Waals surface area contributed by atoms with Crippen LogP contribution in [0.15, 0.2) is 18.2 Å². The van der Waals surface area contributed by atoms with Crippen molar-refractivity contribution in [3.63, 3.8) is 0 Å². The summed E-state index contributed by atoms with van der Waals surface area (Å²) in [5.41, 5.74) is 4.40. The van der Waals surface area contributed by atoms with E-state index in [0.29, 0.717) is 6.42 Å². The van der Waals surface area contributed by atoms with Gasteiger partial charge in [0.2, 0.25) is 0 Å². The van der Waals surface area contributed by atoms with E-state index >= 15 is 0 Å². The Labute approximate surface area is 70.3 Å². The van der Waals surface area contributed by atoms with Crippen molar-refractivity contribution in [2.24, 2.45) is 0 Å². The Hall–Kier alpha value is -1.51. The highest BCUT2D eigenvalue weighted by Crippen LogP contribution is 2.22. The van der Waals surface area contributed by atoms with E-state index in [1.165, 1.54) is 0 Å². The highest BCUT2D eigenvalue weighted by molar-refractivity contribution is 5.80. The van der Waals surface area contributed by atoms with Gasteiger partial charge in [0, 0.05) is 5.56 Å². The molecule has 0 radical (unpaired) electrons. The maximum absolute atomic E-state index is 10.9. The van der Waals surface area contributed by atoms with Gasteiger partial charge in [0.1, 0.15) is 0 Å². The molecule has 1 aliphatic heterocycles. The molecule has 0 atom stereocenters. The minimum absolute atomic E-state index is 0.0913. The van der Waals surface area contributed by atoms with E-state index < -0.39 is 0 Å². The minimum Gasteiger partial charge on any atom is -0.379 e. The van der Waals surface area contributed by atoms with Crippen molar-refractivity contribution >= 4 is 5.91 Å². The molecule has 1 aliphatic rings. The van der Waals surface area contributed by atoms with Gasteiger partial charge in [0.15, 0.2) is 5.75 Å². The average Bonchev–Trinajstić information content (AvgIpc) is 2.05. The predicted molar refractivity (Wildman–Crippen MR) is 43.7 cm³/mol. The summed E-state index contributed by atoms with van der Waals surface area (Å²) in [7, 11) is 0. The summed E-state index contributed by atoms with van der Waals surface area (Å²) in [6.45, 7) is 1.99. The van der Waals surface area contributed by atoms with Crippen LogP contribution in [0.3, 0.4) is 0 Å². The lowest BCUT2D eigenvalue weighted by molar-refractivity contribution is -0.128. The lowest BCUT2D eigenvalue weighted by Crippen LogP contribution is -2.33. The highest BCUT2D eigenvalue weighted by atomic mass is 16.7. The van der Waals surface area contributed by atoms with Crippen molar-refractivity contribution in [2.75, 3.05) is 0 Å². The molecule has 0 unspecified atom stereocenters. The van der Waals surface area contributed by atoms with Gasteiger partial charge < -0.3 is 4.84 Å². The molecule has 0 aliphatic carbocycles. The molecule has 12 heavy (non-hydrogen) atoms. The Morgan fingerprint density at radius 3 is 3.17 bits per heavy atom. The third-order valence-corrected chi connectivity index (χ3v) is 1.85. The molecular formula is C9H9NO2. The predicted octanol–water partition coefficient (Wildman–Crippen LogP) is 0.961. The maximum atomic E-state index is 10.9. The molecule has 3 heteroatoms. The van der Waals surface area contributed by atoms with Gasteiger partial charge in [-0.2, -0.15) is 5.48 Å². The Balaban J connectivity index is 2.43. The molecule has 1 N–H and O–H groups in total. The van der Waals surface area contributed by atoms with Crippen molar-refractivity contribution in [2.45, 2.75) is 13.3 Å². The van der Waals surface area contributed by atoms with Crippen LogP contribution >= 0.6 is 0 Å². The van der Waals surface area contributed by atoms with Crippen molar-refractivity contribution in [1.29, 1.82) is 0 Å². The van der Waals surface area contributed by atoms with Crippen LogP contribution in [-0.2, 0) is 11.2 Å². The quantitative estimate of drug-likeness (QED) is 0.618. The number of aryl methyl sites for hydroxylation is 1. The molecule has 3 nitrogen and oxygen atoms in total. The van der Waals surface area contributed by atoms with E-state index in [2.05, 4.69) is 5.48 Å². The average molecular weight is 163 g/mol. The number of nitrogens with one attached hydrogen (secondary N) is 1. The van der Waals surface area contributed by atoms with Crippen LogP contribution in [-0.4, -0.2) is 5.91 Å². The first kappa shape index (κ1) is 7.16. The number of carbonyl (C=O) groups is 1. The lowest BCUT2D eigenvalue weighted by Gasteiger charge is -2.16. The SMILES string of the molecule is Cc1ccc2c(c1)ONC(=O)C2. The second-order valence-electron chi connectivity index (χ2n) is 2.92. The monoisotopic (exact) mass is 163 g/mol. The molecular weight excluding hydrogens is 154 g/mol. The molecule has 1 aromatic carbocycles. The van der Waals surface area contributed by atoms with Crippen molar-refractivity contribution in [3.05, 3.63) is 29.3 Å². The molecule has 1 amide bonds. The highest BCUT2D eigenvalue weighted by Gasteiger charge is 2.15. The van der Waals surface area contributed by atoms with E-state index in [4.69, 9.17) is 4.84 Å². The molecule has 0 saturated carbocycles. The zero-order chi connectivity index (χ0) is 8.55. The molecule has 62 valence electrons. The second-order valence-corrected chi connectivity index (χ2v) is 2.92. The van der Waals surface area contributed by atoms with Gasteiger partial charge in [-0.15, -0.1) is 0 Å². The van der Waals surface area contributed by atoms with Crippen LogP contribution in [0.4, 0.5) is 0 Å². The molecule has 0 aromatic heterocycles. The number of carbonyl (C=O) groups excluding carboxylic acids is 1. The van der Waals surface area contributed by atoms with Crippen LogP contribution in [0.5, 0.6) is 5.75 Å². The van der Waals surface area contributed by atoms with Gasteiger partial charge in [0.25, 0.3) is 5.91 Å². The normalized spacial score (nSPS) is 14.6. The fourth-order valence-corrected chi connectivity index (χ4v) is 1.22. The second kappa shape index (κ2) is 2.52. The van der Waals surface area contributed by atoms with Crippen LogP contribution in [0, 0.1) is 6.92 Å². The smallest absolute Gasteiger partial charge is 0.257 e. The number of amides is 1. The van der Waals surface area contributed by atoms with Crippen LogP contribution in [0.1, 0.15) is 11.1 Å². The largest absolute Gasteiger partial charge is 0.379 e. The van der Waals surface area contributed by atoms with Crippen molar-refractivity contribution < 1.29 is 9.63 Å². The summed E-state index contributed by atoms with van der Waals surface area (Å²) in [5.74, 6) is 0.668. The fraction of sp³-hybridized carbons (Fsp3) is 0.222. The van der Waals surface area contributed by atoms with E-state index in [0.717, 1.165) is 16.9 Å². The molecule has 0 spiro atoms. The molecule has 0 fully saturated rings. The first-order valence-corrected chi connectivity index (χ1v) is 3.81. The number of fused-ring (bicyclic) bond motifs is 1. The number of hydrogen-bond donors (Lipinski definition) is 1. The van der Waals surface area contributed by atoms with Gasteiger partial charge in [-0.1, -0.05) is 12.1 Å². The number of hydrogen-bond acceptors (Lipinski definition) is 2. The van der Waals surface area contributed by atoms with Gasteiger partial charge in [0.05, 0.1) is 6.42 Å². The molecule has 1 heterocycles.